The molecule has 1 fully saturated rings. The van der Waals surface area contributed by atoms with E-state index in [9.17, 15) is 4.79 Å². The molecule has 0 aromatic heterocycles. The first-order valence-electron chi connectivity index (χ1n) is 8.41. The Balaban J connectivity index is 1.50. The molecule has 4 nitrogen and oxygen atoms in total. The number of ether oxygens (including phenoxy) is 1. The molecule has 122 valence electrons. The molecule has 2 aromatic rings. The minimum absolute atomic E-state index is 0.0266. The lowest BCUT2D eigenvalue weighted by molar-refractivity contribution is 0.156. The lowest BCUT2D eigenvalue weighted by Gasteiger charge is -2.33. The third-order valence-corrected chi connectivity index (χ3v) is 4.45. The van der Waals surface area contributed by atoms with Crippen LogP contribution in [-0.2, 0) is 0 Å². The number of urea groups is 1. The fraction of sp³-hybridized carbons (Fsp3) is 0.421. The van der Waals surface area contributed by atoms with Crippen molar-refractivity contribution in [2.75, 3.05) is 19.7 Å². The summed E-state index contributed by atoms with van der Waals surface area (Å²) in [5.74, 6) is 0.865. The van der Waals surface area contributed by atoms with Gasteiger partial charge in [-0.25, -0.2) is 4.79 Å². The first-order valence-corrected chi connectivity index (χ1v) is 8.41. The van der Waals surface area contributed by atoms with Crippen molar-refractivity contribution >= 4 is 16.8 Å². The number of amides is 2. The number of likely N-dealkylation sites (tertiary alicyclic amines) is 1. The van der Waals surface area contributed by atoms with E-state index < -0.39 is 0 Å². The van der Waals surface area contributed by atoms with E-state index in [0.29, 0.717) is 19.2 Å². The van der Waals surface area contributed by atoms with E-state index in [0.717, 1.165) is 35.9 Å². The SMILES string of the molecule is CC1CCCCN1C(=O)NCCOc1cccc2ccccc12. The molecule has 3 rings (SSSR count). The van der Waals surface area contributed by atoms with Crippen molar-refractivity contribution in [2.45, 2.75) is 32.2 Å². The molecular formula is C19H24N2O2. The zero-order valence-corrected chi connectivity index (χ0v) is 13.6. The summed E-state index contributed by atoms with van der Waals surface area (Å²) in [6, 6.07) is 14.5. The lowest BCUT2D eigenvalue weighted by atomic mass is 10.0. The summed E-state index contributed by atoms with van der Waals surface area (Å²) < 4.78 is 5.85. The molecule has 0 spiro atoms. The highest BCUT2D eigenvalue weighted by molar-refractivity contribution is 5.88. The van der Waals surface area contributed by atoms with Crippen LogP contribution in [0.1, 0.15) is 26.2 Å². The Morgan fingerprint density at radius 3 is 2.91 bits per heavy atom. The Kier molecular flexibility index (Phi) is 5.01. The third kappa shape index (κ3) is 3.76. The maximum atomic E-state index is 12.2. The molecule has 2 amide bonds. The fourth-order valence-electron chi connectivity index (χ4n) is 3.14. The molecule has 1 aliphatic heterocycles. The maximum absolute atomic E-state index is 12.2. The minimum Gasteiger partial charge on any atom is -0.491 e. The highest BCUT2D eigenvalue weighted by Crippen LogP contribution is 2.24. The van der Waals surface area contributed by atoms with Gasteiger partial charge in [-0.1, -0.05) is 36.4 Å². The van der Waals surface area contributed by atoms with Crippen molar-refractivity contribution in [1.82, 2.24) is 10.2 Å². The molecule has 1 N–H and O–H groups in total. The number of rotatable bonds is 4. The Bertz CT molecular complexity index is 666. The molecule has 4 heteroatoms. The van der Waals surface area contributed by atoms with Crippen molar-refractivity contribution in [3.8, 4) is 5.75 Å². The van der Waals surface area contributed by atoms with Gasteiger partial charge in [-0.2, -0.15) is 0 Å². The number of benzene rings is 2. The molecule has 0 bridgehead atoms. The topological polar surface area (TPSA) is 41.6 Å². The molecule has 2 aromatic carbocycles. The van der Waals surface area contributed by atoms with Crippen molar-refractivity contribution in [3.05, 3.63) is 42.5 Å². The second kappa shape index (κ2) is 7.36. The summed E-state index contributed by atoms with van der Waals surface area (Å²) in [7, 11) is 0. The van der Waals surface area contributed by atoms with E-state index in [1.807, 2.05) is 29.2 Å². The van der Waals surface area contributed by atoms with Crippen LogP contribution in [0.5, 0.6) is 5.75 Å². The molecule has 23 heavy (non-hydrogen) atoms. The maximum Gasteiger partial charge on any atom is 0.317 e. The molecular weight excluding hydrogens is 288 g/mol. The normalized spacial score (nSPS) is 18.0. The first-order chi connectivity index (χ1) is 11.3. The number of hydrogen-bond acceptors (Lipinski definition) is 2. The number of piperidine rings is 1. The fourth-order valence-corrected chi connectivity index (χ4v) is 3.14. The highest BCUT2D eigenvalue weighted by atomic mass is 16.5. The highest BCUT2D eigenvalue weighted by Gasteiger charge is 2.22. The van der Waals surface area contributed by atoms with Gasteiger partial charge in [-0.05, 0) is 37.6 Å². The standard InChI is InChI=1S/C19H24N2O2/c1-15-7-4-5-13-21(15)19(22)20-12-14-23-18-11-6-9-16-8-2-3-10-17(16)18/h2-3,6,8-11,15H,4-5,7,12-14H2,1H3,(H,20,22). The van der Waals surface area contributed by atoms with Gasteiger partial charge in [0.2, 0.25) is 0 Å². The molecule has 1 heterocycles. The van der Waals surface area contributed by atoms with Crippen molar-refractivity contribution in [3.63, 3.8) is 0 Å². The third-order valence-electron chi connectivity index (χ3n) is 4.45. The van der Waals surface area contributed by atoms with E-state index in [4.69, 9.17) is 4.74 Å². The molecule has 1 unspecified atom stereocenters. The number of nitrogens with zero attached hydrogens (tertiary/aromatic N) is 1. The summed E-state index contributed by atoms with van der Waals surface area (Å²) in [4.78, 5) is 14.1. The molecule has 1 atom stereocenters. The van der Waals surface area contributed by atoms with E-state index in [1.165, 1.54) is 6.42 Å². The lowest BCUT2D eigenvalue weighted by Crippen LogP contribution is -2.48. The zero-order chi connectivity index (χ0) is 16.1. The number of hydrogen-bond donors (Lipinski definition) is 1. The van der Waals surface area contributed by atoms with Crippen LogP contribution in [0.2, 0.25) is 0 Å². The van der Waals surface area contributed by atoms with Gasteiger partial charge in [-0.3, -0.25) is 0 Å². The van der Waals surface area contributed by atoms with E-state index in [-0.39, 0.29) is 6.03 Å². The van der Waals surface area contributed by atoms with Gasteiger partial charge in [0.25, 0.3) is 0 Å². The van der Waals surface area contributed by atoms with E-state index in [2.05, 4.69) is 30.4 Å². The van der Waals surface area contributed by atoms with Gasteiger partial charge < -0.3 is 15.0 Å². The Morgan fingerprint density at radius 2 is 2.04 bits per heavy atom. The molecule has 1 aliphatic rings. The second-order valence-corrected chi connectivity index (χ2v) is 6.10. The largest absolute Gasteiger partial charge is 0.491 e. The Labute approximate surface area is 137 Å². The minimum atomic E-state index is 0.0266. The Hall–Kier alpha value is -2.23. The quantitative estimate of drug-likeness (QED) is 0.872. The van der Waals surface area contributed by atoms with E-state index in [1.54, 1.807) is 0 Å². The molecule has 0 saturated carbocycles. The van der Waals surface area contributed by atoms with Crippen molar-refractivity contribution in [1.29, 1.82) is 0 Å². The smallest absolute Gasteiger partial charge is 0.317 e. The second-order valence-electron chi connectivity index (χ2n) is 6.10. The van der Waals surface area contributed by atoms with Crippen LogP contribution >= 0.6 is 0 Å². The van der Waals surface area contributed by atoms with Crippen LogP contribution in [0.4, 0.5) is 4.79 Å². The Morgan fingerprint density at radius 1 is 1.22 bits per heavy atom. The number of nitrogens with one attached hydrogen (secondary N) is 1. The van der Waals surface area contributed by atoms with Crippen molar-refractivity contribution in [2.24, 2.45) is 0 Å². The van der Waals surface area contributed by atoms with Gasteiger partial charge in [0.1, 0.15) is 12.4 Å². The zero-order valence-electron chi connectivity index (χ0n) is 13.6. The van der Waals surface area contributed by atoms with Crippen LogP contribution in [-0.4, -0.2) is 36.7 Å². The van der Waals surface area contributed by atoms with Gasteiger partial charge in [0.05, 0.1) is 6.54 Å². The average molecular weight is 312 g/mol. The molecule has 1 saturated heterocycles. The monoisotopic (exact) mass is 312 g/mol. The van der Waals surface area contributed by atoms with Gasteiger partial charge in [0, 0.05) is 18.0 Å². The van der Waals surface area contributed by atoms with Gasteiger partial charge in [-0.15, -0.1) is 0 Å². The van der Waals surface area contributed by atoms with Crippen molar-refractivity contribution < 1.29 is 9.53 Å². The number of fused-ring (bicyclic) bond motifs is 1. The summed E-state index contributed by atoms with van der Waals surface area (Å²) in [5.41, 5.74) is 0. The molecule has 0 aliphatic carbocycles. The van der Waals surface area contributed by atoms with Crippen LogP contribution < -0.4 is 10.1 Å². The predicted molar refractivity (Wildman–Crippen MR) is 92.9 cm³/mol. The van der Waals surface area contributed by atoms with Gasteiger partial charge in [0.15, 0.2) is 0 Å². The van der Waals surface area contributed by atoms with Crippen LogP contribution in [0.15, 0.2) is 42.5 Å². The van der Waals surface area contributed by atoms with E-state index >= 15 is 0 Å². The summed E-state index contributed by atoms with van der Waals surface area (Å²) in [5, 5.41) is 5.23. The van der Waals surface area contributed by atoms with Crippen LogP contribution in [0.3, 0.4) is 0 Å². The van der Waals surface area contributed by atoms with Gasteiger partial charge >= 0.3 is 6.03 Å². The summed E-state index contributed by atoms with van der Waals surface area (Å²) in [6.45, 7) is 3.97. The molecule has 0 radical (unpaired) electrons. The predicted octanol–water partition coefficient (Wildman–Crippen LogP) is 3.80. The number of carbonyl (C=O) groups excluding carboxylic acids is 1. The summed E-state index contributed by atoms with van der Waals surface area (Å²) in [6.07, 6.45) is 3.42. The number of carbonyl (C=O) groups is 1. The first kappa shape index (κ1) is 15.7. The average Bonchev–Trinajstić information content (AvgIpc) is 2.59. The summed E-state index contributed by atoms with van der Waals surface area (Å²) >= 11 is 0. The van der Waals surface area contributed by atoms with Crippen LogP contribution in [0, 0.1) is 0 Å². The van der Waals surface area contributed by atoms with Crippen LogP contribution in [0.25, 0.3) is 10.8 Å².